The lowest BCUT2D eigenvalue weighted by Gasteiger charge is -2.19. The molecule has 0 fully saturated rings. The standard InChI is InChI=1S/C15H18F3N3/c1-3-19-12(9-13-20-7-8-21(13)4-2)10-5-6-11(16)15(18)14(10)17/h5-8,12,19H,3-4,9H2,1-2H3. The Hall–Kier alpha value is -1.82. The maximum absolute atomic E-state index is 14.0. The lowest BCUT2D eigenvalue weighted by molar-refractivity contribution is 0.422. The predicted molar refractivity (Wildman–Crippen MR) is 74.3 cm³/mol. The van der Waals surface area contributed by atoms with Crippen molar-refractivity contribution in [2.75, 3.05) is 6.54 Å². The van der Waals surface area contributed by atoms with Crippen LogP contribution in [-0.2, 0) is 13.0 Å². The SMILES string of the molecule is CCNC(Cc1nccn1CC)c1ccc(F)c(F)c1F. The van der Waals surface area contributed by atoms with Gasteiger partial charge in [-0.2, -0.15) is 0 Å². The lowest BCUT2D eigenvalue weighted by Crippen LogP contribution is -2.25. The van der Waals surface area contributed by atoms with Crippen molar-refractivity contribution in [3.05, 3.63) is 53.4 Å². The van der Waals surface area contributed by atoms with E-state index in [4.69, 9.17) is 0 Å². The van der Waals surface area contributed by atoms with Crippen LogP contribution in [0, 0.1) is 17.5 Å². The maximum Gasteiger partial charge on any atom is 0.194 e. The Balaban J connectivity index is 2.33. The summed E-state index contributed by atoms with van der Waals surface area (Å²) in [6.45, 7) is 5.17. The molecule has 1 unspecified atom stereocenters. The van der Waals surface area contributed by atoms with E-state index in [1.165, 1.54) is 6.07 Å². The fraction of sp³-hybridized carbons (Fsp3) is 0.400. The van der Waals surface area contributed by atoms with Crippen molar-refractivity contribution in [1.29, 1.82) is 0 Å². The quantitative estimate of drug-likeness (QED) is 0.830. The molecule has 0 aliphatic rings. The van der Waals surface area contributed by atoms with Gasteiger partial charge in [-0.05, 0) is 19.5 Å². The summed E-state index contributed by atoms with van der Waals surface area (Å²) in [5.41, 5.74) is 0.112. The van der Waals surface area contributed by atoms with Crippen molar-refractivity contribution in [2.45, 2.75) is 32.9 Å². The average molecular weight is 297 g/mol. The fourth-order valence-electron chi connectivity index (χ4n) is 2.35. The summed E-state index contributed by atoms with van der Waals surface area (Å²) in [4.78, 5) is 4.24. The monoisotopic (exact) mass is 297 g/mol. The van der Waals surface area contributed by atoms with Crippen molar-refractivity contribution in [3.8, 4) is 0 Å². The van der Waals surface area contributed by atoms with Crippen LogP contribution in [0.2, 0.25) is 0 Å². The molecule has 2 rings (SSSR count). The highest BCUT2D eigenvalue weighted by molar-refractivity contribution is 5.24. The van der Waals surface area contributed by atoms with Gasteiger partial charge in [0, 0.05) is 37.0 Å². The number of aromatic nitrogens is 2. The average Bonchev–Trinajstić information content (AvgIpc) is 2.92. The van der Waals surface area contributed by atoms with Gasteiger partial charge in [-0.3, -0.25) is 0 Å². The summed E-state index contributed by atoms with van der Waals surface area (Å²) in [6.07, 6.45) is 3.90. The molecule has 0 aliphatic heterocycles. The van der Waals surface area contributed by atoms with Crippen LogP contribution in [0.15, 0.2) is 24.5 Å². The Morgan fingerprint density at radius 3 is 2.62 bits per heavy atom. The van der Waals surface area contributed by atoms with Crippen LogP contribution in [0.3, 0.4) is 0 Å². The molecule has 3 nitrogen and oxygen atoms in total. The minimum Gasteiger partial charge on any atom is -0.335 e. The summed E-state index contributed by atoms with van der Waals surface area (Å²) in [5, 5.41) is 3.09. The zero-order valence-corrected chi connectivity index (χ0v) is 12.0. The molecule has 0 bridgehead atoms. The van der Waals surface area contributed by atoms with Gasteiger partial charge < -0.3 is 9.88 Å². The van der Waals surface area contributed by atoms with Gasteiger partial charge in [-0.15, -0.1) is 0 Å². The minimum absolute atomic E-state index is 0.112. The van der Waals surface area contributed by atoms with E-state index in [1.807, 2.05) is 24.6 Å². The summed E-state index contributed by atoms with van der Waals surface area (Å²) >= 11 is 0. The largest absolute Gasteiger partial charge is 0.335 e. The van der Waals surface area contributed by atoms with Crippen LogP contribution in [0.5, 0.6) is 0 Å². The van der Waals surface area contributed by atoms with E-state index in [0.29, 0.717) is 13.0 Å². The molecule has 0 aliphatic carbocycles. The van der Waals surface area contributed by atoms with Crippen LogP contribution in [0.1, 0.15) is 31.3 Å². The summed E-state index contributed by atoms with van der Waals surface area (Å²) in [6, 6.07) is 1.77. The first kappa shape index (κ1) is 15.6. The molecule has 21 heavy (non-hydrogen) atoms. The van der Waals surface area contributed by atoms with Crippen molar-refractivity contribution in [3.63, 3.8) is 0 Å². The van der Waals surface area contributed by atoms with Gasteiger partial charge >= 0.3 is 0 Å². The van der Waals surface area contributed by atoms with Crippen molar-refractivity contribution >= 4 is 0 Å². The highest BCUT2D eigenvalue weighted by Gasteiger charge is 2.22. The lowest BCUT2D eigenvalue weighted by atomic mass is 10.0. The second kappa shape index (κ2) is 6.76. The first-order valence-electron chi connectivity index (χ1n) is 6.95. The number of benzene rings is 1. The molecule has 114 valence electrons. The van der Waals surface area contributed by atoms with Crippen LogP contribution in [0.4, 0.5) is 13.2 Å². The molecule has 0 radical (unpaired) electrons. The number of aryl methyl sites for hydroxylation is 1. The molecule has 1 N–H and O–H groups in total. The third-order valence-electron chi connectivity index (χ3n) is 3.42. The highest BCUT2D eigenvalue weighted by atomic mass is 19.2. The first-order valence-corrected chi connectivity index (χ1v) is 6.95. The number of likely N-dealkylation sites (N-methyl/N-ethyl adjacent to an activating group) is 1. The molecule has 0 saturated heterocycles. The van der Waals surface area contributed by atoms with Crippen molar-refractivity contribution in [2.24, 2.45) is 0 Å². The number of rotatable bonds is 6. The maximum atomic E-state index is 14.0. The third kappa shape index (κ3) is 3.26. The number of imidazole rings is 1. The topological polar surface area (TPSA) is 29.9 Å². The fourth-order valence-corrected chi connectivity index (χ4v) is 2.35. The summed E-state index contributed by atoms with van der Waals surface area (Å²) < 4.78 is 42.4. The first-order chi connectivity index (χ1) is 10.1. The third-order valence-corrected chi connectivity index (χ3v) is 3.42. The second-order valence-electron chi connectivity index (χ2n) is 4.71. The van der Waals surface area contributed by atoms with E-state index in [1.54, 1.807) is 6.20 Å². The Kier molecular flexibility index (Phi) is 5.01. The normalized spacial score (nSPS) is 12.6. The number of halogens is 3. The second-order valence-corrected chi connectivity index (χ2v) is 4.71. The molecule has 2 aromatic rings. The van der Waals surface area contributed by atoms with Gasteiger partial charge in [-0.1, -0.05) is 13.0 Å². The molecule has 1 aromatic heterocycles. The molecule has 1 atom stereocenters. The highest BCUT2D eigenvalue weighted by Crippen LogP contribution is 2.24. The minimum atomic E-state index is -1.44. The van der Waals surface area contributed by atoms with Gasteiger partial charge in [-0.25, -0.2) is 18.2 Å². The molecular formula is C15H18F3N3. The molecule has 6 heteroatoms. The smallest absolute Gasteiger partial charge is 0.194 e. The van der Waals surface area contributed by atoms with Crippen molar-refractivity contribution < 1.29 is 13.2 Å². The van der Waals surface area contributed by atoms with Gasteiger partial charge in [0.05, 0.1) is 0 Å². The molecule has 0 spiro atoms. The predicted octanol–water partition coefficient (Wildman–Crippen LogP) is 3.21. The van der Waals surface area contributed by atoms with Crippen LogP contribution >= 0.6 is 0 Å². The van der Waals surface area contributed by atoms with E-state index >= 15 is 0 Å². The van der Waals surface area contributed by atoms with E-state index in [-0.39, 0.29) is 5.56 Å². The molecular weight excluding hydrogens is 279 g/mol. The molecule has 1 heterocycles. The number of hydrogen-bond acceptors (Lipinski definition) is 2. The van der Waals surface area contributed by atoms with Crippen LogP contribution in [0.25, 0.3) is 0 Å². The van der Waals surface area contributed by atoms with Crippen LogP contribution in [-0.4, -0.2) is 16.1 Å². The van der Waals surface area contributed by atoms with E-state index in [2.05, 4.69) is 10.3 Å². The Labute approximate surface area is 121 Å². The van der Waals surface area contributed by atoms with E-state index in [0.717, 1.165) is 18.4 Å². The molecule has 0 saturated carbocycles. The Bertz CT molecular complexity index is 610. The number of nitrogens with zero attached hydrogens (tertiary/aromatic N) is 2. The van der Waals surface area contributed by atoms with Gasteiger partial charge in [0.15, 0.2) is 17.5 Å². The van der Waals surface area contributed by atoms with Gasteiger partial charge in [0.25, 0.3) is 0 Å². The van der Waals surface area contributed by atoms with E-state index < -0.39 is 23.5 Å². The summed E-state index contributed by atoms with van der Waals surface area (Å²) in [5.74, 6) is -2.99. The van der Waals surface area contributed by atoms with Crippen molar-refractivity contribution in [1.82, 2.24) is 14.9 Å². The number of hydrogen-bond donors (Lipinski definition) is 1. The zero-order valence-electron chi connectivity index (χ0n) is 12.0. The van der Waals surface area contributed by atoms with E-state index in [9.17, 15) is 13.2 Å². The molecule has 0 amide bonds. The van der Waals surface area contributed by atoms with Crippen LogP contribution < -0.4 is 5.32 Å². The summed E-state index contributed by atoms with van der Waals surface area (Å²) in [7, 11) is 0. The zero-order chi connectivity index (χ0) is 15.4. The number of nitrogens with one attached hydrogen (secondary N) is 1. The Morgan fingerprint density at radius 1 is 1.19 bits per heavy atom. The Morgan fingerprint density at radius 2 is 1.95 bits per heavy atom. The van der Waals surface area contributed by atoms with Gasteiger partial charge in [0.2, 0.25) is 0 Å². The molecule has 1 aromatic carbocycles. The van der Waals surface area contributed by atoms with Gasteiger partial charge in [0.1, 0.15) is 5.82 Å².